The van der Waals surface area contributed by atoms with Gasteiger partial charge in [-0.3, -0.25) is 4.79 Å². The second-order valence-electron chi connectivity index (χ2n) is 15.5. The smallest absolute Gasteiger partial charge is 0.196 e. The van der Waals surface area contributed by atoms with Crippen LogP contribution in [0.25, 0.3) is 0 Å². The van der Waals surface area contributed by atoms with Gasteiger partial charge in [0.2, 0.25) is 0 Å². The molecular formula is C43H55ClFNO6S2. The maximum atomic E-state index is 13.9. The molecule has 1 N–H and O–H groups in total. The van der Waals surface area contributed by atoms with Crippen LogP contribution in [0.3, 0.4) is 0 Å². The minimum Gasteiger partial charge on any atom is -0.368 e. The van der Waals surface area contributed by atoms with Gasteiger partial charge in [0, 0.05) is 17.8 Å². The SMILES string of the molecule is C[C@H](C#CC[C@@H](Cl)CF)[C@@H](N[S@](=O)C(C)(C)C)[C@H]1O[C@H](SC(=O)C(C)(C)C)[C@H](OCc2ccccc2)[C@@H](OCc2ccccc2)[C@H]1OCc1ccccc1. The molecule has 54 heavy (non-hydrogen) atoms. The molecular weight excluding hydrogens is 745 g/mol. The summed E-state index contributed by atoms with van der Waals surface area (Å²) in [5.41, 5.74) is 1.31. The van der Waals surface area contributed by atoms with Crippen LogP contribution in [0, 0.1) is 23.2 Å². The summed E-state index contributed by atoms with van der Waals surface area (Å²) in [6, 6.07) is 28.7. The Bertz CT molecular complexity index is 1660. The largest absolute Gasteiger partial charge is 0.368 e. The number of hydrogen-bond donors (Lipinski definition) is 1. The molecule has 0 unspecified atom stereocenters. The summed E-state index contributed by atoms with van der Waals surface area (Å²) >= 11 is 7.17. The van der Waals surface area contributed by atoms with E-state index in [-0.39, 0.29) is 31.4 Å². The molecule has 1 saturated heterocycles. The standard InChI is InChI=1S/C43H55ClFNO6S2/c1-30(18-17-25-34(44)26-45)35(46-54(48)43(5,6)7)36-37(49-27-31-19-11-8-12-20-31)38(50-28-32-21-13-9-14-22-32)39(51-29-33-23-15-10-16-24-33)40(52-36)53-41(47)42(2,3)4/h8-16,19-24,30,34-40,46H,25-29H2,1-7H3/t30-,34-,35-,36-,37+,38+,39-,40-,54-/m1/s1. The first kappa shape index (κ1) is 44.1. The van der Waals surface area contributed by atoms with E-state index in [0.717, 1.165) is 28.5 Å². The number of alkyl halides is 2. The summed E-state index contributed by atoms with van der Waals surface area (Å²) in [4.78, 5) is 13.8. The number of ether oxygens (including phenoxy) is 4. The van der Waals surface area contributed by atoms with E-state index in [9.17, 15) is 13.4 Å². The second-order valence-corrected chi connectivity index (χ2v) is 19.2. The molecule has 4 rings (SSSR count). The van der Waals surface area contributed by atoms with Crippen LogP contribution >= 0.6 is 23.4 Å². The molecule has 1 aliphatic heterocycles. The summed E-state index contributed by atoms with van der Waals surface area (Å²) in [6.07, 6.45) is -3.00. The topological polar surface area (TPSA) is 83.1 Å². The fourth-order valence-electron chi connectivity index (χ4n) is 5.59. The number of carbonyl (C=O) groups excluding carboxylic acids is 1. The highest BCUT2D eigenvalue weighted by Crippen LogP contribution is 2.40. The van der Waals surface area contributed by atoms with Gasteiger partial charge in [0.05, 0.1) is 47.0 Å². The van der Waals surface area contributed by atoms with Crippen LogP contribution in [0.5, 0.6) is 0 Å². The van der Waals surface area contributed by atoms with Crippen molar-refractivity contribution in [3.05, 3.63) is 108 Å². The summed E-state index contributed by atoms with van der Waals surface area (Å²) < 4.78 is 57.4. The van der Waals surface area contributed by atoms with Crippen molar-refractivity contribution in [1.82, 2.24) is 4.72 Å². The average Bonchev–Trinajstić information content (AvgIpc) is 3.15. The van der Waals surface area contributed by atoms with Gasteiger partial charge in [0.15, 0.2) is 5.12 Å². The number of carbonyl (C=O) groups is 1. The average molecular weight is 800 g/mol. The molecule has 3 aromatic carbocycles. The molecule has 9 atom stereocenters. The predicted octanol–water partition coefficient (Wildman–Crippen LogP) is 8.80. The molecule has 0 saturated carbocycles. The van der Waals surface area contributed by atoms with Gasteiger partial charge in [0.25, 0.3) is 0 Å². The van der Waals surface area contributed by atoms with Crippen molar-refractivity contribution >= 4 is 39.5 Å². The molecule has 0 amide bonds. The van der Waals surface area contributed by atoms with E-state index in [1.807, 2.05) is 139 Å². The Hall–Kier alpha value is -2.59. The van der Waals surface area contributed by atoms with Gasteiger partial charge in [-0.2, -0.15) is 0 Å². The Labute approximate surface area is 333 Å². The number of rotatable bonds is 16. The van der Waals surface area contributed by atoms with Crippen LogP contribution in [0.4, 0.5) is 4.39 Å². The van der Waals surface area contributed by atoms with Gasteiger partial charge in [0.1, 0.15) is 36.5 Å². The van der Waals surface area contributed by atoms with Crippen LogP contribution < -0.4 is 4.72 Å². The van der Waals surface area contributed by atoms with Crippen LogP contribution in [-0.4, -0.2) is 62.0 Å². The monoisotopic (exact) mass is 799 g/mol. The Kier molecular flexibility index (Phi) is 17.2. The van der Waals surface area contributed by atoms with Gasteiger partial charge in [-0.1, -0.05) is 129 Å². The van der Waals surface area contributed by atoms with Crippen molar-refractivity contribution in [2.24, 2.45) is 11.3 Å². The van der Waals surface area contributed by atoms with E-state index in [0.29, 0.717) is 0 Å². The maximum Gasteiger partial charge on any atom is 0.196 e. The van der Waals surface area contributed by atoms with Crippen molar-refractivity contribution < 1.29 is 32.3 Å². The number of nitrogens with one attached hydrogen (secondary N) is 1. The molecule has 0 radical (unpaired) electrons. The number of hydrogen-bond acceptors (Lipinski definition) is 7. The lowest BCUT2D eigenvalue weighted by Gasteiger charge is -2.49. The molecule has 0 spiro atoms. The van der Waals surface area contributed by atoms with E-state index < -0.39 is 75.0 Å². The lowest BCUT2D eigenvalue weighted by atomic mass is 9.88. The molecule has 0 bridgehead atoms. The van der Waals surface area contributed by atoms with Crippen molar-refractivity contribution in [3.63, 3.8) is 0 Å². The normalized spacial score (nSPS) is 22.7. The number of halogens is 2. The Morgan fingerprint density at radius 3 is 1.74 bits per heavy atom. The summed E-state index contributed by atoms with van der Waals surface area (Å²) in [5.74, 6) is 5.78. The molecule has 294 valence electrons. The third-order valence-electron chi connectivity index (χ3n) is 8.73. The van der Waals surface area contributed by atoms with Gasteiger partial charge in [-0.15, -0.1) is 17.5 Å². The number of thioether (sulfide) groups is 1. The molecule has 3 aromatic rings. The van der Waals surface area contributed by atoms with Crippen molar-refractivity contribution in [3.8, 4) is 11.8 Å². The lowest BCUT2D eigenvalue weighted by Crippen LogP contribution is -2.65. The van der Waals surface area contributed by atoms with E-state index >= 15 is 0 Å². The quantitative estimate of drug-likeness (QED) is 0.115. The van der Waals surface area contributed by atoms with Gasteiger partial charge in [-0.25, -0.2) is 13.3 Å². The zero-order chi connectivity index (χ0) is 39.3. The van der Waals surface area contributed by atoms with E-state index in [2.05, 4.69) is 16.6 Å². The van der Waals surface area contributed by atoms with Crippen molar-refractivity contribution in [2.45, 2.75) is 121 Å². The highest BCUT2D eigenvalue weighted by molar-refractivity contribution is 8.14. The van der Waals surface area contributed by atoms with E-state index in [1.54, 1.807) is 0 Å². The zero-order valence-electron chi connectivity index (χ0n) is 32.3. The van der Waals surface area contributed by atoms with Crippen molar-refractivity contribution in [2.75, 3.05) is 6.67 Å². The highest BCUT2D eigenvalue weighted by atomic mass is 35.5. The second kappa shape index (κ2) is 21.1. The van der Waals surface area contributed by atoms with Crippen LogP contribution in [0.15, 0.2) is 91.0 Å². The van der Waals surface area contributed by atoms with Gasteiger partial charge in [-0.05, 0) is 44.4 Å². The summed E-state index contributed by atoms with van der Waals surface area (Å²) in [6.45, 7) is 13.2. The number of benzene rings is 3. The first-order valence-electron chi connectivity index (χ1n) is 18.4. The fraction of sp³-hybridized carbons (Fsp3) is 0.512. The summed E-state index contributed by atoms with van der Waals surface area (Å²) in [7, 11) is -1.56. The van der Waals surface area contributed by atoms with Gasteiger partial charge < -0.3 is 18.9 Å². The maximum absolute atomic E-state index is 13.9. The minimum atomic E-state index is -1.56. The molecule has 1 fully saturated rings. The highest BCUT2D eigenvalue weighted by Gasteiger charge is 2.53. The van der Waals surface area contributed by atoms with Crippen LogP contribution in [0.2, 0.25) is 0 Å². The van der Waals surface area contributed by atoms with Crippen molar-refractivity contribution in [1.29, 1.82) is 0 Å². The predicted molar refractivity (Wildman–Crippen MR) is 218 cm³/mol. The fourth-order valence-corrected chi connectivity index (χ4v) is 7.72. The zero-order valence-corrected chi connectivity index (χ0v) is 34.7. The Morgan fingerprint density at radius 1 is 0.833 bits per heavy atom. The lowest BCUT2D eigenvalue weighted by molar-refractivity contribution is -0.252. The molecule has 1 aliphatic rings. The Balaban J connectivity index is 1.87. The Morgan fingerprint density at radius 2 is 1.30 bits per heavy atom. The minimum absolute atomic E-state index is 0.0833. The van der Waals surface area contributed by atoms with Crippen LogP contribution in [-0.2, 0) is 54.5 Å². The molecule has 7 nitrogen and oxygen atoms in total. The first-order valence-corrected chi connectivity index (χ1v) is 20.8. The third kappa shape index (κ3) is 13.6. The molecule has 0 aliphatic carbocycles. The molecule has 1 heterocycles. The third-order valence-corrected chi connectivity index (χ3v) is 12.0. The first-order chi connectivity index (χ1) is 25.7. The van der Waals surface area contributed by atoms with Gasteiger partial charge >= 0.3 is 0 Å². The molecule has 0 aromatic heterocycles. The van der Waals surface area contributed by atoms with E-state index in [1.165, 1.54) is 0 Å². The van der Waals surface area contributed by atoms with E-state index in [4.69, 9.17) is 30.5 Å². The van der Waals surface area contributed by atoms with Crippen LogP contribution in [0.1, 0.15) is 71.6 Å². The molecule has 11 heteroatoms. The summed E-state index contributed by atoms with van der Waals surface area (Å²) in [5, 5.41) is -0.824.